The fourth-order valence-electron chi connectivity index (χ4n) is 2.16. The van der Waals surface area contributed by atoms with E-state index in [1.54, 1.807) is 24.3 Å². The van der Waals surface area contributed by atoms with Crippen LogP contribution in [0.3, 0.4) is 0 Å². The van der Waals surface area contributed by atoms with Gasteiger partial charge >= 0.3 is 0 Å². The molecular formula is C18H18N2O4. The summed E-state index contributed by atoms with van der Waals surface area (Å²) in [7, 11) is 0. The van der Waals surface area contributed by atoms with E-state index in [0.717, 1.165) is 5.56 Å². The van der Waals surface area contributed by atoms with Gasteiger partial charge in [-0.1, -0.05) is 30.3 Å². The Balaban J connectivity index is 2.32. The third-order valence-electron chi connectivity index (χ3n) is 3.46. The molecule has 2 aromatic carbocycles. The van der Waals surface area contributed by atoms with E-state index in [4.69, 9.17) is 5.21 Å². The van der Waals surface area contributed by atoms with Crippen molar-refractivity contribution in [3.05, 3.63) is 70.4 Å². The molecule has 0 aromatic heterocycles. The fraction of sp³-hybridized carbons (Fsp3) is 0.111. The van der Waals surface area contributed by atoms with E-state index in [1.165, 1.54) is 25.1 Å². The monoisotopic (exact) mass is 326 g/mol. The lowest BCUT2D eigenvalue weighted by Crippen LogP contribution is -2.99. The zero-order chi connectivity index (χ0) is 17.7. The number of hydrogen-bond acceptors (Lipinski definition) is 4. The van der Waals surface area contributed by atoms with Gasteiger partial charge in [0.25, 0.3) is 5.91 Å². The molecule has 1 amide bonds. The molecule has 3 N–H and O–H groups in total. The molecule has 0 bridgehead atoms. The number of Topliss-reactive ketones (excluding diaryl/α,β-unsaturated/α-hetero) is 1. The van der Waals surface area contributed by atoms with E-state index in [9.17, 15) is 14.8 Å². The lowest BCUT2D eigenvalue weighted by Gasteiger charge is -2.12. The van der Waals surface area contributed by atoms with Gasteiger partial charge in [0.1, 0.15) is 0 Å². The maximum Gasteiger partial charge on any atom is 0.259 e. The molecule has 124 valence electrons. The van der Waals surface area contributed by atoms with Gasteiger partial charge in [0, 0.05) is 17.8 Å². The minimum absolute atomic E-state index is 0.0409. The van der Waals surface area contributed by atoms with Crippen LogP contribution >= 0.6 is 0 Å². The molecule has 0 saturated carbocycles. The first-order valence-corrected chi connectivity index (χ1v) is 7.31. The Kier molecular flexibility index (Phi) is 5.59. The first-order valence-electron chi connectivity index (χ1n) is 7.31. The molecule has 0 saturated heterocycles. The SMILES string of the molecule is CC(=O)/C(=C/c1cccc([NH+]([O-])O)c1)C(=O)Nc1ccccc1C. The largest absolute Gasteiger partial charge is 0.595 e. The summed E-state index contributed by atoms with van der Waals surface area (Å²) >= 11 is 0. The van der Waals surface area contributed by atoms with E-state index in [0.29, 0.717) is 11.3 Å². The summed E-state index contributed by atoms with van der Waals surface area (Å²) in [5, 5.41) is 21.7. The summed E-state index contributed by atoms with van der Waals surface area (Å²) in [6, 6.07) is 13.3. The number of anilines is 1. The summed E-state index contributed by atoms with van der Waals surface area (Å²) < 4.78 is 0. The van der Waals surface area contributed by atoms with Crippen molar-refractivity contribution in [2.45, 2.75) is 13.8 Å². The number of rotatable bonds is 5. The van der Waals surface area contributed by atoms with Crippen molar-refractivity contribution in [3.8, 4) is 0 Å². The predicted octanol–water partition coefficient (Wildman–Crippen LogP) is 2.01. The van der Waals surface area contributed by atoms with Gasteiger partial charge in [-0.2, -0.15) is 5.23 Å². The minimum Gasteiger partial charge on any atom is -0.595 e. The maximum absolute atomic E-state index is 12.4. The molecule has 0 heterocycles. The molecule has 6 heteroatoms. The second-order valence-corrected chi connectivity index (χ2v) is 5.31. The summed E-state index contributed by atoms with van der Waals surface area (Å²) in [5.74, 6) is -0.931. The smallest absolute Gasteiger partial charge is 0.259 e. The van der Waals surface area contributed by atoms with Crippen LogP contribution in [0.25, 0.3) is 6.08 Å². The zero-order valence-corrected chi connectivity index (χ0v) is 13.4. The number of nitrogens with one attached hydrogen (secondary N) is 2. The van der Waals surface area contributed by atoms with Crippen molar-refractivity contribution in [3.63, 3.8) is 0 Å². The summed E-state index contributed by atoms with van der Waals surface area (Å²) in [6.07, 6.45) is 1.39. The predicted molar refractivity (Wildman–Crippen MR) is 90.7 cm³/mol. The van der Waals surface area contributed by atoms with Gasteiger partial charge in [0.2, 0.25) is 0 Å². The molecule has 0 fully saturated rings. The second kappa shape index (κ2) is 7.65. The molecule has 24 heavy (non-hydrogen) atoms. The summed E-state index contributed by atoms with van der Waals surface area (Å²) in [6.45, 7) is 3.15. The molecule has 0 aliphatic heterocycles. The van der Waals surface area contributed by atoms with Crippen molar-refractivity contribution >= 4 is 29.1 Å². The minimum atomic E-state index is -1.07. The van der Waals surface area contributed by atoms with Crippen LogP contribution in [0, 0.1) is 12.1 Å². The average molecular weight is 326 g/mol. The molecule has 0 radical (unpaired) electrons. The lowest BCUT2D eigenvalue weighted by molar-refractivity contribution is -0.991. The number of aryl methyl sites for hydroxylation is 1. The normalized spacial score (nSPS) is 12.6. The molecular weight excluding hydrogens is 308 g/mol. The van der Waals surface area contributed by atoms with Crippen LogP contribution < -0.4 is 10.5 Å². The van der Waals surface area contributed by atoms with Crippen LogP contribution in [0.1, 0.15) is 18.1 Å². The number of carbonyl (C=O) groups is 2. The van der Waals surface area contributed by atoms with Crippen molar-refractivity contribution in [1.82, 2.24) is 0 Å². The van der Waals surface area contributed by atoms with Crippen LogP contribution in [0.15, 0.2) is 54.1 Å². The molecule has 0 aliphatic rings. The number of quaternary nitrogens is 1. The number of para-hydroxylation sites is 1. The number of benzene rings is 2. The zero-order valence-electron chi connectivity index (χ0n) is 13.4. The quantitative estimate of drug-likeness (QED) is 0.339. The lowest BCUT2D eigenvalue weighted by atomic mass is 10.1. The first kappa shape index (κ1) is 17.6. The first-order chi connectivity index (χ1) is 11.4. The molecule has 1 atom stereocenters. The number of amides is 1. The van der Waals surface area contributed by atoms with Gasteiger partial charge in [0.05, 0.1) is 5.57 Å². The summed E-state index contributed by atoms with van der Waals surface area (Å²) in [5.41, 5.74) is 2.02. The highest BCUT2D eigenvalue weighted by Gasteiger charge is 2.15. The van der Waals surface area contributed by atoms with Crippen LogP contribution in [-0.2, 0) is 9.59 Å². The van der Waals surface area contributed by atoms with E-state index < -0.39 is 16.9 Å². The Bertz CT molecular complexity index is 797. The van der Waals surface area contributed by atoms with E-state index >= 15 is 0 Å². The Morgan fingerprint density at radius 3 is 2.50 bits per heavy atom. The number of hydrogen-bond donors (Lipinski definition) is 3. The van der Waals surface area contributed by atoms with Crippen molar-refractivity contribution in [2.24, 2.45) is 0 Å². The Morgan fingerprint density at radius 2 is 1.88 bits per heavy atom. The number of carbonyl (C=O) groups excluding carboxylic acids is 2. The van der Waals surface area contributed by atoms with Gasteiger partial charge in [0.15, 0.2) is 11.5 Å². The van der Waals surface area contributed by atoms with Crippen molar-refractivity contribution in [2.75, 3.05) is 5.32 Å². The van der Waals surface area contributed by atoms with E-state index in [2.05, 4.69) is 5.32 Å². The van der Waals surface area contributed by atoms with E-state index in [1.807, 2.05) is 19.1 Å². The van der Waals surface area contributed by atoms with Crippen molar-refractivity contribution < 1.29 is 20.0 Å². The van der Waals surface area contributed by atoms with Crippen LogP contribution in [-0.4, -0.2) is 16.9 Å². The van der Waals surface area contributed by atoms with Crippen LogP contribution in [0.2, 0.25) is 0 Å². The Labute approximate surface area is 139 Å². The highest BCUT2D eigenvalue weighted by Crippen LogP contribution is 2.17. The number of ketones is 1. The molecule has 1 unspecified atom stereocenters. The summed E-state index contributed by atoms with van der Waals surface area (Å²) in [4.78, 5) is 24.3. The van der Waals surface area contributed by atoms with Gasteiger partial charge in [-0.05, 0) is 37.1 Å². The molecule has 0 spiro atoms. The maximum atomic E-state index is 12.4. The highest BCUT2D eigenvalue weighted by molar-refractivity contribution is 6.25. The molecule has 6 nitrogen and oxygen atoms in total. The third kappa shape index (κ3) is 4.36. The van der Waals surface area contributed by atoms with Gasteiger partial charge in [-0.25, -0.2) is 5.21 Å². The van der Waals surface area contributed by atoms with Gasteiger partial charge in [-0.3, -0.25) is 9.59 Å². The molecule has 2 rings (SSSR count). The topological polar surface area (TPSA) is 93.9 Å². The fourth-order valence-corrected chi connectivity index (χ4v) is 2.16. The Morgan fingerprint density at radius 1 is 1.17 bits per heavy atom. The average Bonchev–Trinajstić information content (AvgIpc) is 2.54. The standard InChI is InChI=1S/C18H18N2O4/c1-12-6-3-4-9-17(12)19-18(22)16(13(2)21)11-14-7-5-8-15(10-14)20(23)24/h3-11,20,23H,1-2H3,(H,19,22)/b16-11-. The second-order valence-electron chi connectivity index (χ2n) is 5.31. The van der Waals surface area contributed by atoms with Gasteiger partial charge in [-0.15, -0.1) is 0 Å². The van der Waals surface area contributed by atoms with Crippen molar-refractivity contribution in [1.29, 1.82) is 0 Å². The molecule has 2 aromatic rings. The Hall–Kier alpha value is -2.80. The highest BCUT2D eigenvalue weighted by atomic mass is 16.8. The molecule has 0 aliphatic carbocycles. The van der Waals surface area contributed by atoms with Crippen LogP contribution in [0.5, 0.6) is 0 Å². The third-order valence-corrected chi connectivity index (χ3v) is 3.46. The van der Waals surface area contributed by atoms with Gasteiger partial charge < -0.3 is 10.5 Å². The van der Waals surface area contributed by atoms with E-state index in [-0.39, 0.29) is 11.3 Å². The van der Waals surface area contributed by atoms with Crippen LogP contribution in [0.4, 0.5) is 11.4 Å².